The predicted molar refractivity (Wildman–Crippen MR) is 54.2 cm³/mol. The Bertz CT molecular complexity index is 424. The van der Waals surface area contributed by atoms with Crippen molar-refractivity contribution in [1.82, 2.24) is 0 Å². The first-order valence-corrected chi connectivity index (χ1v) is 4.49. The van der Waals surface area contributed by atoms with E-state index in [1.165, 1.54) is 13.2 Å². The molecule has 9 heteroatoms. The fourth-order valence-corrected chi connectivity index (χ4v) is 1.07. The van der Waals surface area contributed by atoms with Gasteiger partial charge in [-0.05, 0) is 6.07 Å². The van der Waals surface area contributed by atoms with Crippen molar-refractivity contribution in [3.63, 3.8) is 0 Å². The van der Waals surface area contributed by atoms with Gasteiger partial charge in [0.2, 0.25) is 0 Å². The minimum absolute atomic E-state index is 0.181. The number of methoxy groups -OCH3 is 1. The standard InChI is InChI=1S/C8H8BF3NO4/c1-16-6-2-3-7(13(14)15)8(4-6)17-5-9(10,11)12/h2-4H,5H2,1H3/q-1. The van der Waals surface area contributed by atoms with Crippen LogP contribution < -0.4 is 9.47 Å². The molecule has 94 valence electrons. The van der Waals surface area contributed by atoms with Gasteiger partial charge in [-0.3, -0.25) is 10.1 Å². The van der Waals surface area contributed by atoms with Crippen LogP contribution in [0.15, 0.2) is 18.2 Å². The number of hydrogen-bond donors (Lipinski definition) is 0. The van der Waals surface area contributed by atoms with E-state index in [1.54, 1.807) is 0 Å². The van der Waals surface area contributed by atoms with Crippen LogP contribution in [-0.2, 0) is 0 Å². The summed E-state index contributed by atoms with van der Waals surface area (Å²) in [4.78, 5) is 9.73. The van der Waals surface area contributed by atoms with E-state index in [0.717, 1.165) is 12.1 Å². The van der Waals surface area contributed by atoms with Gasteiger partial charge in [-0.15, -0.1) is 0 Å². The number of halogens is 3. The molecule has 0 spiro atoms. The molecule has 0 bridgehead atoms. The van der Waals surface area contributed by atoms with Crippen LogP contribution in [0, 0.1) is 10.1 Å². The lowest BCUT2D eigenvalue weighted by atomic mass is 9.95. The molecule has 0 amide bonds. The van der Waals surface area contributed by atoms with Crippen LogP contribution >= 0.6 is 0 Å². The molecule has 0 aliphatic rings. The number of nitro groups is 1. The molecule has 17 heavy (non-hydrogen) atoms. The number of rotatable bonds is 5. The Balaban J connectivity index is 2.97. The second-order valence-corrected chi connectivity index (χ2v) is 3.11. The zero-order valence-corrected chi connectivity index (χ0v) is 8.73. The van der Waals surface area contributed by atoms with Crippen molar-refractivity contribution in [1.29, 1.82) is 0 Å². The number of nitro benzene ring substituents is 1. The van der Waals surface area contributed by atoms with E-state index >= 15 is 0 Å². The molecule has 0 atom stereocenters. The normalized spacial score (nSPS) is 11.1. The minimum atomic E-state index is -5.17. The van der Waals surface area contributed by atoms with E-state index in [1.807, 2.05) is 0 Å². The zero-order chi connectivity index (χ0) is 13.1. The molecule has 0 N–H and O–H groups in total. The molecule has 0 saturated carbocycles. The maximum absolute atomic E-state index is 12.0. The first-order chi connectivity index (χ1) is 7.83. The van der Waals surface area contributed by atoms with Gasteiger partial charge in [-0.1, -0.05) is 0 Å². The van der Waals surface area contributed by atoms with Crippen molar-refractivity contribution in [3.8, 4) is 11.5 Å². The van der Waals surface area contributed by atoms with Crippen LogP contribution in [0.4, 0.5) is 18.6 Å². The molecule has 1 aromatic carbocycles. The number of hydrogen-bond acceptors (Lipinski definition) is 4. The first kappa shape index (κ1) is 13.1. The van der Waals surface area contributed by atoms with E-state index < -0.39 is 29.8 Å². The van der Waals surface area contributed by atoms with E-state index in [9.17, 15) is 23.1 Å². The highest BCUT2D eigenvalue weighted by molar-refractivity contribution is 6.58. The molecule has 0 aliphatic heterocycles. The van der Waals surface area contributed by atoms with Crippen molar-refractivity contribution in [2.24, 2.45) is 0 Å². The summed E-state index contributed by atoms with van der Waals surface area (Å²) in [5.41, 5.74) is -0.536. The second-order valence-electron chi connectivity index (χ2n) is 3.11. The topological polar surface area (TPSA) is 61.6 Å². The van der Waals surface area contributed by atoms with Crippen molar-refractivity contribution in [3.05, 3.63) is 28.3 Å². The summed E-state index contributed by atoms with van der Waals surface area (Å²) < 4.78 is 45.1. The minimum Gasteiger partial charge on any atom is -0.517 e. The zero-order valence-electron chi connectivity index (χ0n) is 8.73. The molecule has 5 nitrogen and oxygen atoms in total. The number of benzene rings is 1. The van der Waals surface area contributed by atoms with Gasteiger partial charge in [0.05, 0.1) is 18.5 Å². The molecule has 0 aromatic heterocycles. The predicted octanol–water partition coefficient (Wildman–Crippen LogP) is 2.37. The molecule has 0 unspecified atom stereocenters. The van der Waals surface area contributed by atoms with Crippen LogP contribution in [-0.4, -0.2) is 25.5 Å². The third-order valence-corrected chi connectivity index (χ3v) is 1.79. The molecule has 0 aliphatic carbocycles. The Morgan fingerprint density at radius 3 is 2.53 bits per heavy atom. The molecule has 0 saturated heterocycles. The average Bonchev–Trinajstić information content (AvgIpc) is 2.24. The smallest absolute Gasteiger partial charge is 0.515 e. The first-order valence-electron chi connectivity index (χ1n) is 4.49. The highest BCUT2D eigenvalue weighted by Crippen LogP contribution is 2.31. The lowest BCUT2D eigenvalue weighted by Crippen LogP contribution is -2.26. The molecule has 0 radical (unpaired) electrons. The Kier molecular flexibility index (Phi) is 3.82. The van der Waals surface area contributed by atoms with Crippen molar-refractivity contribution in [2.45, 2.75) is 0 Å². The van der Waals surface area contributed by atoms with Crippen LogP contribution in [0.5, 0.6) is 11.5 Å². The van der Waals surface area contributed by atoms with Crippen molar-refractivity contribution < 1.29 is 27.3 Å². The highest BCUT2D eigenvalue weighted by Gasteiger charge is 2.26. The summed E-state index contributed by atoms with van der Waals surface area (Å²) in [5, 5.41) is 10.6. The largest absolute Gasteiger partial charge is 0.517 e. The van der Waals surface area contributed by atoms with E-state index in [0.29, 0.717) is 0 Å². The maximum atomic E-state index is 12.0. The third kappa shape index (κ3) is 3.85. The monoisotopic (exact) mass is 250 g/mol. The summed E-state index contributed by atoms with van der Waals surface area (Å²) in [6.07, 6.45) is 0. The van der Waals surface area contributed by atoms with Crippen LogP contribution in [0.25, 0.3) is 0 Å². The van der Waals surface area contributed by atoms with Gasteiger partial charge >= 0.3 is 12.7 Å². The van der Waals surface area contributed by atoms with E-state index in [4.69, 9.17) is 4.74 Å². The van der Waals surface area contributed by atoms with Gasteiger partial charge < -0.3 is 22.4 Å². The lowest BCUT2D eigenvalue weighted by Gasteiger charge is -2.15. The Hall–Kier alpha value is -1.93. The summed E-state index contributed by atoms with van der Waals surface area (Å²) in [7, 11) is 1.29. The Labute approximate surface area is 94.3 Å². The van der Waals surface area contributed by atoms with Gasteiger partial charge in [0, 0.05) is 12.1 Å². The maximum Gasteiger partial charge on any atom is 0.515 e. The Morgan fingerprint density at radius 2 is 2.06 bits per heavy atom. The second kappa shape index (κ2) is 4.94. The van der Waals surface area contributed by atoms with Crippen molar-refractivity contribution in [2.75, 3.05) is 13.6 Å². The molecule has 0 fully saturated rings. The van der Waals surface area contributed by atoms with Crippen LogP contribution in [0.2, 0.25) is 0 Å². The van der Waals surface area contributed by atoms with Crippen molar-refractivity contribution >= 4 is 12.7 Å². The van der Waals surface area contributed by atoms with Gasteiger partial charge in [0.15, 0.2) is 5.75 Å². The SMILES string of the molecule is COc1ccc([N+](=O)[O-])c(OC[B-](F)(F)F)c1. The van der Waals surface area contributed by atoms with Gasteiger partial charge in [-0.2, -0.15) is 0 Å². The van der Waals surface area contributed by atoms with Crippen LogP contribution in [0.3, 0.4) is 0 Å². The fraction of sp³-hybridized carbons (Fsp3) is 0.250. The van der Waals surface area contributed by atoms with Gasteiger partial charge in [0.25, 0.3) is 0 Å². The van der Waals surface area contributed by atoms with Gasteiger partial charge in [-0.25, -0.2) is 0 Å². The average molecular weight is 250 g/mol. The van der Waals surface area contributed by atoms with Gasteiger partial charge in [0.1, 0.15) is 5.75 Å². The third-order valence-electron chi connectivity index (χ3n) is 1.79. The molecule has 1 rings (SSSR count). The summed E-state index contributed by atoms with van der Waals surface area (Å²) in [6.45, 7) is -6.70. The molecular formula is C8H8BF3NO4-. The Morgan fingerprint density at radius 1 is 1.41 bits per heavy atom. The number of nitrogens with zero attached hydrogens (tertiary/aromatic N) is 1. The van der Waals surface area contributed by atoms with E-state index in [2.05, 4.69) is 4.74 Å². The number of ether oxygens (including phenoxy) is 2. The fourth-order valence-electron chi connectivity index (χ4n) is 1.07. The molecule has 1 aromatic rings. The van der Waals surface area contributed by atoms with Crippen LogP contribution in [0.1, 0.15) is 0 Å². The summed E-state index contributed by atoms with van der Waals surface area (Å²) in [5.74, 6) is -0.283. The summed E-state index contributed by atoms with van der Waals surface area (Å²) >= 11 is 0. The molecule has 0 heterocycles. The lowest BCUT2D eigenvalue weighted by molar-refractivity contribution is -0.385. The highest BCUT2D eigenvalue weighted by atomic mass is 19.4. The quantitative estimate of drug-likeness (QED) is 0.457. The molecular weight excluding hydrogens is 242 g/mol. The van der Waals surface area contributed by atoms with E-state index in [-0.39, 0.29) is 5.75 Å². The summed E-state index contributed by atoms with van der Waals surface area (Å²) in [6, 6.07) is 3.33.